The SMILES string of the molecule is COc1ccc(C23CCC(c4ccccc42)C2(C(=O)O)CN(Cc4ccccc4)CC32)cc1. The number of hydrogen-bond donors (Lipinski definition) is 1. The van der Waals surface area contributed by atoms with Crippen molar-refractivity contribution in [2.45, 2.75) is 30.7 Å². The van der Waals surface area contributed by atoms with Crippen LogP contribution in [0.5, 0.6) is 5.75 Å². The Bertz CT molecular complexity index is 1190. The van der Waals surface area contributed by atoms with Crippen molar-refractivity contribution in [3.05, 3.63) is 101 Å². The Hall–Kier alpha value is -3.11. The van der Waals surface area contributed by atoms with Gasteiger partial charge in [-0.25, -0.2) is 0 Å². The third-order valence-electron chi connectivity index (χ3n) is 8.66. The van der Waals surface area contributed by atoms with Gasteiger partial charge < -0.3 is 9.84 Å². The zero-order chi connectivity index (χ0) is 22.6. The second-order valence-corrected chi connectivity index (χ2v) is 9.93. The summed E-state index contributed by atoms with van der Waals surface area (Å²) in [6.07, 6.45) is 1.89. The maximum Gasteiger partial charge on any atom is 0.311 e. The highest BCUT2D eigenvalue weighted by Gasteiger charge is 2.70. The summed E-state index contributed by atoms with van der Waals surface area (Å²) in [6, 6.07) is 27.4. The van der Waals surface area contributed by atoms with Crippen LogP contribution in [0.15, 0.2) is 78.9 Å². The fourth-order valence-corrected chi connectivity index (χ4v) is 7.40. The molecule has 4 nitrogen and oxygen atoms in total. The maximum atomic E-state index is 13.2. The molecule has 4 atom stereocenters. The van der Waals surface area contributed by atoms with Gasteiger partial charge in [0.05, 0.1) is 12.5 Å². The van der Waals surface area contributed by atoms with Crippen LogP contribution < -0.4 is 4.74 Å². The zero-order valence-electron chi connectivity index (χ0n) is 18.9. The Balaban J connectivity index is 1.52. The number of carboxylic acid groups (broad SMARTS) is 1. The minimum absolute atomic E-state index is 0.0215. The molecule has 7 rings (SSSR count). The van der Waals surface area contributed by atoms with Gasteiger partial charge in [0.1, 0.15) is 5.75 Å². The van der Waals surface area contributed by atoms with Crippen LogP contribution >= 0.6 is 0 Å². The van der Waals surface area contributed by atoms with E-state index in [2.05, 4.69) is 65.6 Å². The monoisotopic (exact) mass is 439 g/mol. The number of carbonyl (C=O) groups is 1. The van der Waals surface area contributed by atoms with E-state index in [-0.39, 0.29) is 17.3 Å². The van der Waals surface area contributed by atoms with Gasteiger partial charge in [-0.3, -0.25) is 9.69 Å². The number of fused-ring (bicyclic) bond motifs is 1. The summed E-state index contributed by atoms with van der Waals surface area (Å²) < 4.78 is 5.43. The van der Waals surface area contributed by atoms with Crippen molar-refractivity contribution in [2.24, 2.45) is 11.3 Å². The molecule has 168 valence electrons. The van der Waals surface area contributed by atoms with Crippen LogP contribution in [0.2, 0.25) is 0 Å². The minimum atomic E-state index is -0.776. The van der Waals surface area contributed by atoms with Crippen LogP contribution in [-0.4, -0.2) is 36.2 Å². The van der Waals surface area contributed by atoms with Crippen LogP contribution in [0.25, 0.3) is 0 Å². The first-order chi connectivity index (χ1) is 16.1. The molecule has 33 heavy (non-hydrogen) atoms. The molecule has 1 N–H and O–H groups in total. The van der Waals surface area contributed by atoms with Gasteiger partial charge in [-0.05, 0) is 47.2 Å². The first kappa shape index (κ1) is 20.5. The fourth-order valence-electron chi connectivity index (χ4n) is 7.40. The quantitative estimate of drug-likeness (QED) is 0.603. The summed E-state index contributed by atoms with van der Waals surface area (Å²) in [4.78, 5) is 15.6. The van der Waals surface area contributed by atoms with Gasteiger partial charge in [0, 0.05) is 36.9 Å². The standard InChI is InChI=1S/C29H29NO3/c1-33-22-13-11-21(12-14-22)28-16-15-25(23-9-5-6-10-24(23)28)29(27(31)32)19-30(18-26(28)29)17-20-7-3-2-4-8-20/h2-14,25-26H,15-19H2,1H3,(H,31,32). The first-order valence-corrected chi connectivity index (χ1v) is 11.8. The zero-order valence-corrected chi connectivity index (χ0v) is 18.9. The maximum absolute atomic E-state index is 13.2. The van der Waals surface area contributed by atoms with E-state index in [4.69, 9.17) is 4.74 Å². The van der Waals surface area contributed by atoms with Crippen LogP contribution in [0, 0.1) is 11.3 Å². The van der Waals surface area contributed by atoms with Gasteiger partial charge in [-0.2, -0.15) is 0 Å². The third kappa shape index (κ3) is 2.77. The third-order valence-corrected chi connectivity index (χ3v) is 8.66. The van der Waals surface area contributed by atoms with Crippen molar-refractivity contribution >= 4 is 5.97 Å². The second-order valence-electron chi connectivity index (χ2n) is 9.93. The average molecular weight is 440 g/mol. The number of methoxy groups -OCH3 is 1. The Kier molecular flexibility index (Phi) is 4.63. The lowest BCUT2D eigenvalue weighted by molar-refractivity contribution is -0.157. The highest BCUT2D eigenvalue weighted by Crippen LogP contribution is 2.69. The molecule has 4 aliphatic rings. The summed E-state index contributed by atoms with van der Waals surface area (Å²) in [7, 11) is 1.68. The molecule has 4 heteroatoms. The number of aliphatic carboxylic acids is 1. The number of carboxylic acids is 1. The van der Waals surface area contributed by atoms with Gasteiger partial charge in [0.25, 0.3) is 0 Å². The van der Waals surface area contributed by atoms with E-state index >= 15 is 0 Å². The minimum Gasteiger partial charge on any atom is -0.497 e. The molecule has 0 radical (unpaired) electrons. The molecule has 4 unspecified atom stereocenters. The van der Waals surface area contributed by atoms with Gasteiger partial charge in [-0.15, -0.1) is 0 Å². The first-order valence-electron chi connectivity index (χ1n) is 11.8. The van der Waals surface area contributed by atoms with Crippen molar-refractivity contribution in [1.29, 1.82) is 0 Å². The summed E-state index contributed by atoms with van der Waals surface area (Å²) in [5.74, 6) is 0.264. The summed E-state index contributed by atoms with van der Waals surface area (Å²) >= 11 is 0. The molecule has 2 fully saturated rings. The lowest BCUT2D eigenvalue weighted by Crippen LogP contribution is -2.60. The second kappa shape index (κ2) is 7.46. The summed E-state index contributed by atoms with van der Waals surface area (Å²) in [5.41, 5.74) is 3.93. The summed E-state index contributed by atoms with van der Waals surface area (Å²) in [5, 5.41) is 10.8. The van der Waals surface area contributed by atoms with Crippen LogP contribution in [-0.2, 0) is 16.8 Å². The van der Waals surface area contributed by atoms with E-state index < -0.39 is 11.4 Å². The number of hydrogen-bond acceptors (Lipinski definition) is 3. The van der Waals surface area contributed by atoms with Crippen molar-refractivity contribution in [1.82, 2.24) is 4.90 Å². The molecule has 2 bridgehead atoms. The van der Waals surface area contributed by atoms with E-state index in [0.29, 0.717) is 6.54 Å². The molecule has 0 amide bonds. The van der Waals surface area contributed by atoms with Crippen molar-refractivity contribution in [3.63, 3.8) is 0 Å². The molecule has 0 spiro atoms. The number of nitrogens with zero attached hydrogens (tertiary/aromatic N) is 1. The van der Waals surface area contributed by atoms with Gasteiger partial charge in [0.2, 0.25) is 0 Å². The Labute approximate surface area is 194 Å². The Morgan fingerprint density at radius 1 is 1.03 bits per heavy atom. The highest BCUT2D eigenvalue weighted by atomic mass is 16.5. The Morgan fingerprint density at radius 2 is 1.76 bits per heavy atom. The normalized spacial score (nSPS) is 30.0. The lowest BCUT2D eigenvalue weighted by atomic mass is 9.42. The summed E-state index contributed by atoms with van der Waals surface area (Å²) in [6.45, 7) is 2.17. The smallest absolute Gasteiger partial charge is 0.311 e. The molecule has 1 saturated carbocycles. The molecular weight excluding hydrogens is 410 g/mol. The van der Waals surface area contributed by atoms with Gasteiger partial charge in [-0.1, -0.05) is 66.7 Å². The van der Waals surface area contributed by atoms with Crippen molar-refractivity contribution < 1.29 is 14.6 Å². The number of benzene rings is 3. The molecule has 1 aliphatic heterocycles. The predicted octanol–water partition coefficient (Wildman–Crippen LogP) is 5.08. The Morgan fingerprint density at radius 3 is 2.48 bits per heavy atom. The van der Waals surface area contributed by atoms with E-state index in [1.807, 2.05) is 18.2 Å². The molecular formula is C29H29NO3. The molecule has 3 aromatic rings. The van der Waals surface area contributed by atoms with Crippen LogP contribution in [0.4, 0.5) is 0 Å². The molecule has 3 aliphatic carbocycles. The van der Waals surface area contributed by atoms with E-state index in [0.717, 1.165) is 31.7 Å². The topological polar surface area (TPSA) is 49.8 Å². The van der Waals surface area contributed by atoms with Gasteiger partial charge in [0.15, 0.2) is 0 Å². The number of ether oxygens (including phenoxy) is 1. The predicted molar refractivity (Wildman–Crippen MR) is 127 cm³/mol. The largest absolute Gasteiger partial charge is 0.497 e. The lowest BCUT2D eigenvalue weighted by Gasteiger charge is -2.59. The van der Waals surface area contributed by atoms with Gasteiger partial charge >= 0.3 is 5.97 Å². The number of likely N-dealkylation sites (tertiary alicyclic amines) is 1. The van der Waals surface area contributed by atoms with E-state index in [1.54, 1.807) is 7.11 Å². The van der Waals surface area contributed by atoms with E-state index in [1.165, 1.54) is 22.3 Å². The average Bonchev–Trinajstić information content (AvgIpc) is 3.27. The number of rotatable bonds is 5. The van der Waals surface area contributed by atoms with Crippen LogP contribution in [0.1, 0.15) is 41.0 Å². The fraction of sp³-hybridized carbons (Fsp3) is 0.345. The highest BCUT2D eigenvalue weighted by molar-refractivity contribution is 5.80. The van der Waals surface area contributed by atoms with E-state index in [9.17, 15) is 9.90 Å². The molecule has 1 heterocycles. The molecule has 1 saturated heterocycles. The molecule has 0 aromatic heterocycles. The van der Waals surface area contributed by atoms with Crippen molar-refractivity contribution in [2.75, 3.05) is 20.2 Å². The van der Waals surface area contributed by atoms with Crippen LogP contribution in [0.3, 0.4) is 0 Å². The molecule has 3 aromatic carbocycles. The van der Waals surface area contributed by atoms with Crippen molar-refractivity contribution in [3.8, 4) is 5.75 Å².